The molecule has 0 bridgehead atoms. The highest BCUT2D eigenvalue weighted by Crippen LogP contribution is 2.37. The first kappa shape index (κ1) is 22.5. The van der Waals surface area contributed by atoms with Crippen molar-refractivity contribution in [1.29, 1.82) is 0 Å². The van der Waals surface area contributed by atoms with E-state index in [1.54, 1.807) is 18.2 Å². The Balaban J connectivity index is 1.65. The van der Waals surface area contributed by atoms with Gasteiger partial charge in [-0.3, -0.25) is 4.79 Å². The van der Waals surface area contributed by atoms with Crippen molar-refractivity contribution < 1.29 is 18.7 Å². The fourth-order valence-corrected chi connectivity index (χ4v) is 3.38. The Hall–Kier alpha value is -3.19. The lowest BCUT2D eigenvalue weighted by atomic mass is 10.1. The molecule has 0 fully saturated rings. The van der Waals surface area contributed by atoms with Gasteiger partial charge in [-0.25, -0.2) is 9.82 Å². The summed E-state index contributed by atoms with van der Waals surface area (Å²) in [5.74, 6) is 0.541. The number of rotatable bonds is 9. The van der Waals surface area contributed by atoms with Crippen molar-refractivity contribution in [2.45, 2.75) is 20.0 Å². The normalized spacial score (nSPS) is 10.8. The van der Waals surface area contributed by atoms with Crippen LogP contribution in [0.1, 0.15) is 23.6 Å². The van der Waals surface area contributed by atoms with Gasteiger partial charge in [0.15, 0.2) is 11.5 Å². The summed E-state index contributed by atoms with van der Waals surface area (Å²) < 4.78 is 25.4. The largest absolute Gasteiger partial charge is 0.490 e. The highest BCUT2D eigenvalue weighted by Gasteiger charge is 2.12. The second-order valence-corrected chi connectivity index (χ2v) is 7.49. The van der Waals surface area contributed by atoms with Crippen LogP contribution >= 0.6 is 15.9 Å². The SMILES string of the molecule is CCOc1cc(/C=N/NC(=O)Cc2ccc(F)cc2)cc(Br)c1OCc1ccccc1. The molecule has 0 heterocycles. The number of nitrogens with one attached hydrogen (secondary N) is 1. The fraction of sp³-hybridized carbons (Fsp3) is 0.167. The summed E-state index contributed by atoms with van der Waals surface area (Å²) in [6.45, 7) is 2.78. The Kier molecular flexibility index (Phi) is 8.18. The Morgan fingerprint density at radius 2 is 1.81 bits per heavy atom. The number of hydrogen-bond acceptors (Lipinski definition) is 4. The molecule has 3 rings (SSSR count). The van der Waals surface area contributed by atoms with E-state index in [-0.39, 0.29) is 18.1 Å². The number of carbonyl (C=O) groups is 1. The number of halogens is 2. The van der Waals surface area contributed by atoms with E-state index in [1.807, 2.05) is 43.3 Å². The van der Waals surface area contributed by atoms with Gasteiger partial charge < -0.3 is 9.47 Å². The van der Waals surface area contributed by atoms with E-state index < -0.39 is 0 Å². The van der Waals surface area contributed by atoms with E-state index in [0.717, 1.165) is 11.1 Å². The summed E-state index contributed by atoms with van der Waals surface area (Å²) in [4.78, 5) is 12.0. The average molecular weight is 485 g/mol. The van der Waals surface area contributed by atoms with Gasteiger partial charge in [-0.15, -0.1) is 0 Å². The predicted molar refractivity (Wildman–Crippen MR) is 122 cm³/mol. The fourth-order valence-electron chi connectivity index (χ4n) is 2.80. The lowest BCUT2D eigenvalue weighted by molar-refractivity contribution is -0.120. The van der Waals surface area contributed by atoms with Crippen LogP contribution in [0.25, 0.3) is 0 Å². The number of ether oxygens (including phenoxy) is 2. The molecule has 5 nitrogen and oxygen atoms in total. The van der Waals surface area contributed by atoms with Crippen LogP contribution in [0.4, 0.5) is 4.39 Å². The zero-order valence-electron chi connectivity index (χ0n) is 17.0. The molecule has 0 atom stereocenters. The number of hydrazone groups is 1. The molecule has 3 aromatic rings. The van der Waals surface area contributed by atoms with Crippen molar-refractivity contribution >= 4 is 28.1 Å². The van der Waals surface area contributed by atoms with Crippen LogP contribution in [0.3, 0.4) is 0 Å². The molecule has 0 aromatic heterocycles. The zero-order valence-corrected chi connectivity index (χ0v) is 18.6. The van der Waals surface area contributed by atoms with Gasteiger partial charge in [-0.1, -0.05) is 42.5 Å². The molecule has 3 aromatic carbocycles. The van der Waals surface area contributed by atoms with Gasteiger partial charge in [0.2, 0.25) is 5.91 Å². The van der Waals surface area contributed by atoms with Crippen LogP contribution in [0.15, 0.2) is 76.3 Å². The molecule has 0 saturated carbocycles. The molecule has 0 aliphatic heterocycles. The molecule has 7 heteroatoms. The first-order valence-electron chi connectivity index (χ1n) is 9.74. The Bertz CT molecular complexity index is 1040. The second kappa shape index (κ2) is 11.3. The number of hydrogen-bond donors (Lipinski definition) is 1. The summed E-state index contributed by atoms with van der Waals surface area (Å²) in [6.07, 6.45) is 1.63. The third kappa shape index (κ3) is 6.93. The van der Waals surface area contributed by atoms with Crippen LogP contribution in [0, 0.1) is 5.82 Å². The maximum atomic E-state index is 13.0. The molecular formula is C24H22BrFN2O3. The first-order chi connectivity index (χ1) is 15.0. The molecule has 0 aliphatic carbocycles. The van der Waals surface area contributed by atoms with Gasteiger partial charge in [0, 0.05) is 0 Å². The maximum Gasteiger partial charge on any atom is 0.244 e. The molecule has 1 N–H and O–H groups in total. The van der Waals surface area contributed by atoms with Crippen molar-refractivity contribution in [1.82, 2.24) is 5.43 Å². The maximum absolute atomic E-state index is 13.0. The lowest BCUT2D eigenvalue weighted by Crippen LogP contribution is -2.19. The summed E-state index contributed by atoms with van der Waals surface area (Å²) in [5, 5.41) is 4.01. The van der Waals surface area contributed by atoms with E-state index in [9.17, 15) is 9.18 Å². The minimum Gasteiger partial charge on any atom is -0.490 e. The molecule has 0 radical (unpaired) electrons. The minimum absolute atomic E-state index is 0.109. The predicted octanol–water partition coefficient (Wildman–Crippen LogP) is 5.26. The Morgan fingerprint density at radius 1 is 1.06 bits per heavy atom. The van der Waals surface area contributed by atoms with Crippen molar-refractivity contribution in [2.75, 3.05) is 6.61 Å². The molecule has 0 spiro atoms. The molecule has 31 heavy (non-hydrogen) atoms. The van der Waals surface area contributed by atoms with Gasteiger partial charge >= 0.3 is 0 Å². The highest BCUT2D eigenvalue weighted by atomic mass is 79.9. The summed E-state index contributed by atoms with van der Waals surface area (Å²) in [5.41, 5.74) is 4.95. The van der Waals surface area contributed by atoms with Crippen LogP contribution in [0.5, 0.6) is 11.5 Å². The quantitative estimate of drug-likeness (QED) is 0.332. The van der Waals surface area contributed by atoms with Gasteiger partial charge in [-0.2, -0.15) is 5.10 Å². The topological polar surface area (TPSA) is 59.9 Å². The van der Waals surface area contributed by atoms with E-state index >= 15 is 0 Å². The van der Waals surface area contributed by atoms with Crippen molar-refractivity contribution in [3.63, 3.8) is 0 Å². The lowest BCUT2D eigenvalue weighted by Gasteiger charge is -2.14. The van der Waals surface area contributed by atoms with Gasteiger partial charge in [0.1, 0.15) is 12.4 Å². The summed E-state index contributed by atoms with van der Waals surface area (Å²) >= 11 is 3.53. The van der Waals surface area contributed by atoms with Gasteiger partial charge in [-0.05, 0) is 63.8 Å². The summed E-state index contributed by atoms with van der Waals surface area (Å²) in [7, 11) is 0. The number of carbonyl (C=O) groups excluding carboxylic acids is 1. The molecule has 160 valence electrons. The van der Waals surface area contributed by atoms with Gasteiger partial charge in [0.05, 0.1) is 23.7 Å². The highest BCUT2D eigenvalue weighted by molar-refractivity contribution is 9.10. The Labute approximate surface area is 189 Å². The molecule has 0 saturated heterocycles. The second-order valence-electron chi connectivity index (χ2n) is 6.63. The third-order valence-corrected chi connectivity index (χ3v) is 4.83. The monoisotopic (exact) mass is 484 g/mol. The van der Waals surface area contributed by atoms with E-state index in [2.05, 4.69) is 26.5 Å². The molecule has 1 amide bonds. The number of benzene rings is 3. The number of amides is 1. The zero-order chi connectivity index (χ0) is 22.1. The van der Waals surface area contributed by atoms with Crippen molar-refractivity contribution in [3.8, 4) is 11.5 Å². The van der Waals surface area contributed by atoms with Crippen LogP contribution in [-0.2, 0) is 17.8 Å². The standard InChI is InChI=1S/C24H22BrFN2O3/c1-2-30-22-13-19(12-21(25)24(22)31-16-18-6-4-3-5-7-18)15-27-28-23(29)14-17-8-10-20(26)11-9-17/h3-13,15H,2,14,16H2,1H3,(H,28,29)/b27-15+. The van der Waals surface area contributed by atoms with Gasteiger partial charge in [0.25, 0.3) is 0 Å². The van der Waals surface area contributed by atoms with E-state index in [0.29, 0.717) is 34.7 Å². The molecular weight excluding hydrogens is 463 g/mol. The third-order valence-electron chi connectivity index (χ3n) is 4.24. The molecule has 0 aliphatic rings. The first-order valence-corrected chi connectivity index (χ1v) is 10.5. The molecule has 0 unspecified atom stereocenters. The van der Waals surface area contributed by atoms with Crippen molar-refractivity contribution in [3.05, 3.63) is 93.7 Å². The number of nitrogens with zero attached hydrogens (tertiary/aromatic N) is 1. The minimum atomic E-state index is -0.339. The summed E-state index contributed by atoms with van der Waals surface area (Å²) in [6, 6.07) is 19.3. The Morgan fingerprint density at radius 3 is 2.52 bits per heavy atom. The van der Waals surface area contributed by atoms with Crippen LogP contribution in [0.2, 0.25) is 0 Å². The van der Waals surface area contributed by atoms with E-state index in [1.165, 1.54) is 18.3 Å². The van der Waals surface area contributed by atoms with Crippen molar-refractivity contribution in [2.24, 2.45) is 5.10 Å². The smallest absolute Gasteiger partial charge is 0.244 e. The average Bonchev–Trinajstić information content (AvgIpc) is 2.76. The van der Waals surface area contributed by atoms with Crippen LogP contribution < -0.4 is 14.9 Å². The van der Waals surface area contributed by atoms with Crippen LogP contribution in [-0.4, -0.2) is 18.7 Å². The van der Waals surface area contributed by atoms with E-state index in [4.69, 9.17) is 9.47 Å².